The fourth-order valence-corrected chi connectivity index (χ4v) is 2.39. The molecule has 0 aliphatic rings. The minimum Gasteiger partial charge on any atom is -0.224 e. The summed E-state index contributed by atoms with van der Waals surface area (Å²) in [7, 11) is -3.24. The Balaban J connectivity index is 3.64. The molecule has 0 amide bonds. The summed E-state index contributed by atoms with van der Waals surface area (Å²) >= 11 is 0. The quantitative estimate of drug-likeness (QED) is 0.705. The molecule has 1 aromatic carbocycles. The second-order valence-electron chi connectivity index (χ2n) is 3.32. The van der Waals surface area contributed by atoms with Crippen molar-refractivity contribution in [2.75, 3.05) is 6.26 Å². The molecule has 0 spiro atoms. The molecular formula is C10H11NO2S. The molecule has 1 aromatic rings. The summed E-state index contributed by atoms with van der Waals surface area (Å²) in [6.45, 7) is 3.42. The lowest BCUT2D eigenvalue weighted by Crippen LogP contribution is -2.02. The van der Waals surface area contributed by atoms with Crippen LogP contribution in [0.3, 0.4) is 0 Å². The third kappa shape index (κ3) is 1.94. The molecule has 0 fully saturated rings. The van der Waals surface area contributed by atoms with Gasteiger partial charge in [0.1, 0.15) is 0 Å². The molecule has 0 saturated heterocycles. The van der Waals surface area contributed by atoms with Crippen LogP contribution in [-0.4, -0.2) is 14.7 Å². The number of aryl methyl sites for hydroxylation is 1. The van der Waals surface area contributed by atoms with E-state index >= 15 is 0 Å². The predicted octanol–water partition coefficient (Wildman–Crippen LogP) is 1.58. The molecular weight excluding hydrogens is 198 g/mol. The molecule has 0 atom stereocenters. The Labute approximate surface area is 83.9 Å². The summed E-state index contributed by atoms with van der Waals surface area (Å²) in [6.07, 6.45) is 1.15. The van der Waals surface area contributed by atoms with Crippen LogP contribution in [0.15, 0.2) is 17.0 Å². The zero-order valence-electron chi connectivity index (χ0n) is 8.33. The second kappa shape index (κ2) is 3.43. The molecule has 0 N–H and O–H groups in total. The minimum absolute atomic E-state index is 0.244. The van der Waals surface area contributed by atoms with Gasteiger partial charge < -0.3 is 0 Å². The fourth-order valence-electron chi connectivity index (χ4n) is 1.33. The average molecular weight is 209 g/mol. The molecule has 0 saturated carbocycles. The summed E-state index contributed by atoms with van der Waals surface area (Å²) < 4.78 is 22.7. The minimum atomic E-state index is -3.24. The van der Waals surface area contributed by atoms with E-state index in [1.54, 1.807) is 26.0 Å². The van der Waals surface area contributed by atoms with Crippen molar-refractivity contribution >= 4 is 9.84 Å². The van der Waals surface area contributed by atoms with E-state index < -0.39 is 9.84 Å². The Morgan fingerprint density at radius 2 is 1.86 bits per heavy atom. The lowest BCUT2D eigenvalue weighted by molar-refractivity contribution is 0.601. The first-order valence-corrected chi connectivity index (χ1v) is 5.97. The Bertz CT molecular complexity index is 510. The highest BCUT2D eigenvalue weighted by atomic mass is 32.2. The molecule has 4 heteroatoms. The first kappa shape index (κ1) is 10.7. The third-order valence-electron chi connectivity index (χ3n) is 2.02. The lowest BCUT2D eigenvalue weighted by atomic mass is 10.1. The van der Waals surface area contributed by atoms with Crippen LogP contribution in [0, 0.1) is 25.2 Å². The van der Waals surface area contributed by atoms with Gasteiger partial charge in [-0.3, -0.25) is 0 Å². The third-order valence-corrected chi connectivity index (χ3v) is 3.25. The Hall–Kier alpha value is -1.34. The standard InChI is InChI=1S/C10H11NO2S/c1-7-4-9(6-11)8(2)10(5-7)14(3,12)13/h4-5H,1-3H3. The Morgan fingerprint density at radius 1 is 1.29 bits per heavy atom. The molecule has 14 heavy (non-hydrogen) atoms. The van der Waals surface area contributed by atoms with Crippen molar-refractivity contribution in [1.29, 1.82) is 5.26 Å². The largest absolute Gasteiger partial charge is 0.224 e. The van der Waals surface area contributed by atoms with Crippen molar-refractivity contribution in [3.8, 4) is 6.07 Å². The van der Waals surface area contributed by atoms with E-state index in [-0.39, 0.29) is 4.90 Å². The van der Waals surface area contributed by atoms with Gasteiger partial charge in [0.25, 0.3) is 0 Å². The van der Waals surface area contributed by atoms with Gasteiger partial charge in [0.05, 0.1) is 16.5 Å². The number of nitriles is 1. The zero-order valence-corrected chi connectivity index (χ0v) is 9.14. The van der Waals surface area contributed by atoms with Crippen molar-refractivity contribution in [3.05, 3.63) is 28.8 Å². The Kier molecular flexibility index (Phi) is 2.63. The molecule has 74 valence electrons. The Morgan fingerprint density at radius 3 is 2.29 bits per heavy atom. The number of sulfone groups is 1. The van der Waals surface area contributed by atoms with Gasteiger partial charge >= 0.3 is 0 Å². The number of hydrogen-bond acceptors (Lipinski definition) is 3. The van der Waals surface area contributed by atoms with Crippen LogP contribution in [0.5, 0.6) is 0 Å². The van der Waals surface area contributed by atoms with Gasteiger partial charge in [0.15, 0.2) is 9.84 Å². The monoisotopic (exact) mass is 209 g/mol. The summed E-state index contributed by atoms with van der Waals surface area (Å²) in [5.74, 6) is 0. The maximum atomic E-state index is 11.4. The summed E-state index contributed by atoms with van der Waals surface area (Å²) in [5, 5.41) is 8.79. The summed E-state index contributed by atoms with van der Waals surface area (Å²) in [5.41, 5.74) is 1.73. The maximum absolute atomic E-state index is 11.4. The van der Waals surface area contributed by atoms with Gasteiger partial charge in [-0.25, -0.2) is 8.42 Å². The number of nitrogens with zero attached hydrogens (tertiary/aromatic N) is 1. The smallest absolute Gasteiger partial charge is 0.175 e. The summed E-state index contributed by atoms with van der Waals surface area (Å²) in [4.78, 5) is 0.244. The van der Waals surface area contributed by atoms with Crippen LogP contribution in [0.4, 0.5) is 0 Å². The topological polar surface area (TPSA) is 57.9 Å². The van der Waals surface area contributed by atoms with Crippen molar-refractivity contribution in [1.82, 2.24) is 0 Å². The van der Waals surface area contributed by atoms with Crippen LogP contribution in [0.1, 0.15) is 16.7 Å². The zero-order chi connectivity index (χ0) is 10.9. The molecule has 0 bridgehead atoms. The first-order chi connectivity index (χ1) is 6.36. The lowest BCUT2D eigenvalue weighted by Gasteiger charge is -2.06. The van der Waals surface area contributed by atoms with Crippen LogP contribution >= 0.6 is 0 Å². The van der Waals surface area contributed by atoms with Crippen LogP contribution < -0.4 is 0 Å². The van der Waals surface area contributed by atoms with Crippen molar-refractivity contribution in [2.24, 2.45) is 0 Å². The van der Waals surface area contributed by atoms with Gasteiger partial charge in [-0.1, -0.05) is 0 Å². The van der Waals surface area contributed by atoms with E-state index in [9.17, 15) is 8.42 Å². The van der Waals surface area contributed by atoms with E-state index in [0.717, 1.165) is 11.8 Å². The van der Waals surface area contributed by atoms with Crippen molar-refractivity contribution in [2.45, 2.75) is 18.7 Å². The van der Waals surface area contributed by atoms with E-state index in [2.05, 4.69) is 0 Å². The normalized spacial score (nSPS) is 11.0. The van der Waals surface area contributed by atoms with Crippen LogP contribution in [0.2, 0.25) is 0 Å². The van der Waals surface area contributed by atoms with Crippen molar-refractivity contribution in [3.63, 3.8) is 0 Å². The van der Waals surface area contributed by atoms with Gasteiger partial charge in [-0.05, 0) is 37.1 Å². The SMILES string of the molecule is Cc1cc(C#N)c(C)c(S(C)(=O)=O)c1. The molecule has 3 nitrogen and oxygen atoms in total. The van der Waals surface area contributed by atoms with E-state index in [1.165, 1.54) is 0 Å². The van der Waals surface area contributed by atoms with Gasteiger partial charge in [0, 0.05) is 6.26 Å². The summed E-state index contributed by atoms with van der Waals surface area (Å²) in [6, 6.07) is 5.26. The first-order valence-electron chi connectivity index (χ1n) is 4.07. The van der Waals surface area contributed by atoms with E-state index in [0.29, 0.717) is 11.1 Å². The molecule has 0 aliphatic heterocycles. The molecule has 0 radical (unpaired) electrons. The molecule has 0 unspecified atom stereocenters. The number of benzene rings is 1. The van der Waals surface area contributed by atoms with E-state index in [4.69, 9.17) is 5.26 Å². The fraction of sp³-hybridized carbons (Fsp3) is 0.300. The van der Waals surface area contributed by atoms with Crippen molar-refractivity contribution < 1.29 is 8.42 Å². The number of rotatable bonds is 1. The van der Waals surface area contributed by atoms with E-state index in [1.807, 2.05) is 6.07 Å². The van der Waals surface area contributed by atoms with Gasteiger partial charge in [0.2, 0.25) is 0 Å². The molecule has 0 aromatic heterocycles. The molecule has 1 rings (SSSR count). The highest BCUT2D eigenvalue weighted by molar-refractivity contribution is 7.90. The van der Waals surface area contributed by atoms with Gasteiger partial charge in [-0.15, -0.1) is 0 Å². The molecule has 0 heterocycles. The highest BCUT2D eigenvalue weighted by Crippen LogP contribution is 2.20. The maximum Gasteiger partial charge on any atom is 0.175 e. The average Bonchev–Trinajstić information content (AvgIpc) is 2.06. The molecule has 0 aliphatic carbocycles. The highest BCUT2D eigenvalue weighted by Gasteiger charge is 2.13. The van der Waals surface area contributed by atoms with Gasteiger partial charge in [-0.2, -0.15) is 5.26 Å². The second-order valence-corrected chi connectivity index (χ2v) is 5.30. The van der Waals surface area contributed by atoms with Crippen LogP contribution in [0.25, 0.3) is 0 Å². The van der Waals surface area contributed by atoms with Crippen LogP contribution in [-0.2, 0) is 9.84 Å². The predicted molar refractivity (Wildman–Crippen MR) is 53.7 cm³/mol. The number of hydrogen-bond donors (Lipinski definition) is 0.